The quantitative estimate of drug-likeness (QED) is 0.107. The summed E-state index contributed by atoms with van der Waals surface area (Å²) in [5, 5.41) is 5.12. The second-order valence-electron chi connectivity index (χ2n) is 19.0. The highest BCUT2D eigenvalue weighted by Gasteiger charge is 2.51. The Labute approximate surface area is 346 Å². The number of nitrogens with zero attached hydrogens (tertiary/aromatic N) is 2. The maximum atomic E-state index is 2.67. The zero-order valence-electron chi connectivity index (χ0n) is 35.3. The van der Waals surface area contributed by atoms with Gasteiger partial charge >= 0.3 is 0 Å². The monoisotopic (exact) mass is 758 g/mol. The van der Waals surface area contributed by atoms with Crippen LogP contribution in [0.15, 0.2) is 140 Å². The summed E-state index contributed by atoms with van der Waals surface area (Å²) in [6.45, 7) is 13.5. The van der Waals surface area contributed by atoms with Crippen LogP contribution in [0.4, 0.5) is 34.1 Å². The van der Waals surface area contributed by atoms with Crippen molar-refractivity contribution in [1.29, 1.82) is 0 Å². The Morgan fingerprint density at radius 1 is 0.431 bits per heavy atom. The molecule has 0 amide bonds. The number of anilines is 6. The van der Waals surface area contributed by atoms with Gasteiger partial charge in [0.05, 0.1) is 11.4 Å². The highest BCUT2D eigenvalue weighted by Crippen LogP contribution is 2.62. The molecule has 0 spiro atoms. The Bertz CT molecular complexity index is 2560. The molecule has 0 saturated heterocycles. The van der Waals surface area contributed by atoms with E-state index in [9.17, 15) is 0 Å². The lowest BCUT2D eigenvalue weighted by atomic mass is 9.48. The zero-order valence-corrected chi connectivity index (χ0v) is 35.3. The summed E-state index contributed by atoms with van der Waals surface area (Å²) in [5.74, 6) is 3.56. The molecule has 4 fully saturated rings. The van der Waals surface area contributed by atoms with Crippen LogP contribution in [0, 0.1) is 31.6 Å². The van der Waals surface area contributed by atoms with Gasteiger partial charge in [-0.15, -0.1) is 0 Å². The van der Waals surface area contributed by atoms with Crippen molar-refractivity contribution in [2.45, 2.75) is 97.3 Å². The van der Waals surface area contributed by atoms with Crippen LogP contribution in [-0.2, 0) is 5.41 Å². The van der Waals surface area contributed by atoms with Crippen LogP contribution in [0.1, 0.15) is 106 Å². The molecule has 0 heterocycles. The van der Waals surface area contributed by atoms with E-state index in [0.717, 1.165) is 17.8 Å². The lowest BCUT2D eigenvalue weighted by Crippen LogP contribution is -2.48. The first-order chi connectivity index (χ1) is 28.1. The van der Waals surface area contributed by atoms with Crippen LogP contribution in [0.3, 0.4) is 0 Å². The number of rotatable bonds is 9. The summed E-state index contributed by atoms with van der Waals surface area (Å²) in [6, 6.07) is 53.9. The predicted molar refractivity (Wildman–Crippen MR) is 248 cm³/mol. The Balaban J connectivity index is 1.30. The third-order valence-corrected chi connectivity index (χ3v) is 14.3. The van der Waals surface area contributed by atoms with E-state index in [2.05, 4.69) is 191 Å². The summed E-state index contributed by atoms with van der Waals surface area (Å²) >= 11 is 0. The fraction of sp³-hybridized carbons (Fsp3) is 0.321. The molecule has 0 atom stereocenters. The molecule has 2 nitrogen and oxygen atoms in total. The molecule has 0 N–H and O–H groups in total. The number of hydrogen-bond acceptors (Lipinski definition) is 2. The van der Waals surface area contributed by atoms with Crippen LogP contribution < -0.4 is 9.80 Å². The highest BCUT2D eigenvalue weighted by molar-refractivity contribution is 6.23. The summed E-state index contributed by atoms with van der Waals surface area (Å²) < 4.78 is 0. The van der Waals surface area contributed by atoms with E-state index in [0.29, 0.717) is 11.8 Å². The largest absolute Gasteiger partial charge is 0.309 e. The van der Waals surface area contributed by atoms with Gasteiger partial charge in [0.2, 0.25) is 0 Å². The Hall–Kier alpha value is -5.34. The van der Waals surface area contributed by atoms with Crippen molar-refractivity contribution in [2.75, 3.05) is 9.80 Å². The van der Waals surface area contributed by atoms with Gasteiger partial charge in [-0.1, -0.05) is 124 Å². The Morgan fingerprint density at radius 3 is 1.19 bits per heavy atom. The standard InChI is InChI=1S/C56H58N2/c1-36(2)43-15-24-48(25-16-43)57(46-20-11-38(5)12-21-46)54-50-9-7-8-10-51(50)55(58(47-22-13-39(6)14-23-47)49-26-17-44(18-27-49)37(3)4)53-32-45(19-28-52(53)54)56-33-40-29-41(34-56)31-42(30-40)35-56/h7-28,32,36-37,40-42H,29-31,33-35H2,1-6H3. The van der Waals surface area contributed by atoms with Gasteiger partial charge in [-0.3, -0.25) is 0 Å². The van der Waals surface area contributed by atoms with Gasteiger partial charge in [-0.2, -0.15) is 0 Å². The molecule has 0 radical (unpaired) electrons. The normalized spacial score (nSPS) is 21.1. The number of aryl methyl sites for hydroxylation is 2. The van der Waals surface area contributed by atoms with Crippen molar-refractivity contribution < 1.29 is 0 Å². The SMILES string of the molecule is Cc1ccc(N(c2ccc(C(C)C)cc2)c2c3ccccc3c(N(c3ccc(C)cc3)c3ccc(C(C)C)cc3)c3cc(C45CC6CC(CC(C6)C4)C5)ccc23)cc1. The van der Waals surface area contributed by atoms with Crippen molar-refractivity contribution in [3.63, 3.8) is 0 Å². The first kappa shape index (κ1) is 37.0. The van der Waals surface area contributed by atoms with E-state index >= 15 is 0 Å². The minimum absolute atomic E-state index is 0.267. The fourth-order valence-electron chi connectivity index (χ4n) is 11.6. The first-order valence-electron chi connectivity index (χ1n) is 22.1. The van der Waals surface area contributed by atoms with Crippen molar-refractivity contribution in [3.8, 4) is 0 Å². The minimum Gasteiger partial charge on any atom is -0.309 e. The molecule has 58 heavy (non-hydrogen) atoms. The summed E-state index contributed by atoms with van der Waals surface area (Å²) in [7, 11) is 0. The van der Waals surface area contributed by atoms with Crippen molar-refractivity contribution in [1.82, 2.24) is 0 Å². The van der Waals surface area contributed by atoms with Crippen LogP contribution >= 0.6 is 0 Å². The third kappa shape index (κ3) is 6.41. The van der Waals surface area contributed by atoms with Gasteiger partial charge in [0, 0.05) is 44.3 Å². The molecule has 4 aliphatic rings. The fourth-order valence-corrected chi connectivity index (χ4v) is 11.6. The number of fused-ring (bicyclic) bond motifs is 2. The first-order valence-corrected chi connectivity index (χ1v) is 22.1. The van der Waals surface area contributed by atoms with E-state index in [1.807, 2.05) is 0 Å². The van der Waals surface area contributed by atoms with Crippen LogP contribution in [0.2, 0.25) is 0 Å². The maximum absolute atomic E-state index is 2.67. The maximum Gasteiger partial charge on any atom is 0.0620 e. The molecular formula is C56H58N2. The predicted octanol–water partition coefficient (Wildman–Crippen LogP) is 16.3. The number of hydrogen-bond donors (Lipinski definition) is 0. The lowest BCUT2D eigenvalue weighted by molar-refractivity contribution is -0.00512. The molecule has 7 aromatic rings. The summed E-state index contributed by atoms with van der Waals surface area (Å²) in [5.41, 5.74) is 14.3. The Kier molecular flexibility index (Phi) is 9.23. The molecule has 0 aliphatic heterocycles. The van der Waals surface area contributed by atoms with Crippen molar-refractivity contribution >= 4 is 55.7 Å². The summed E-state index contributed by atoms with van der Waals surface area (Å²) in [4.78, 5) is 5.10. The van der Waals surface area contributed by atoms with Crippen molar-refractivity contribution in [3.05, 3.63) is 167 Å². The second-order valence-corrected chi connectivity index (χ2v) is 19.0. The molecule has 4 bridgehead atoms. The molecule has 4 saturated carbocycles. The van der Waals surface area contributed by atoms with E-state index < -0.39 is 0 Å². The molecule has 0 unspecified atom stereocenters. The van der Waals surface area contributed by atoms with Gasteiger partial charge in [0.1, 0.15) is 0 Å². The van der Waals surface area contributed by atoms with Crippen LogP contribution in [0.5, 0.6) is 0 Å². The van der Waals surface area contributed by atoms with E-state index in [1.165, 1.54) is 116 Å². The summed E-state index contributed by atoms with van der Waals surface area (Å²) in [6.07, 6.45) is 8.37. The lowest BCUT2D eigenvalue weighted by Gasteiger charge is -2.57. The second kappa shape index (κ2) is 14.5. The molecule has 4 aliphatic carbocycles. The average Bonchev–Trinajstić information content (AvgIpc) is 3.22. The van der Waals surface area contributed by atoms with E-state index in [1.54, 1.807) is 5.56 Å². The topological polar surface area (TPSA) is 6.48 Å². The molecular weight excluding hydrogens is 701 g/mol. The molecule has 7 aromatic carbocycles. The van der Waals surface area contributed by atoms with Gasteiger partial charge in [0.25, 0.3) is 0 Å². The molecule has 0 aromatic heterocycles. The third-order valence-electron chi connectivity index (χ3n) is 14.3. The minimum atomic E-state index is 0.267. The average molecular weight is 759 g/mol. The van der Waals surface area contributed by atoms with Gasteiger partial charge in [0.15, 0.2) is 0 Å². The zero-order chi connectivity index (χ0) is 39.7. The smallest absolute Gasteiger partial charge is 0.0620 e. The Morgan fingerprint density at radius 2 is 0.793 bits per heavy atom. The molecule has 11 rings (SSSR count). The van der Waals surface area contributed by atoms with Crippen LogP contribution in [0.25, 0.3) is 21.5 Å². The molecule has 292 valence electrons. The highest BCUT2D eigenvalue weighted by atomic mass is 15.2. The number of benzene rings is 7. The van der Waals surface area contributed by atoms with E-state index in [-0.39, 0.29) is 5.41 Å². The van der Waals surface area contributed by atoms with Gasteiger partial charge in [-0.05, 0) is 159 Å². The van der Waals surface area contributed by atoms with E-state index in [4.69, 9.17) is 0 Å². The van der Waals surface area contributed by atoms with Crippen molar-refractivity contribution in [2.24, 2.45) is 17.8 Å². The van der Waals surface area contributed by atoms with Crippen LogP contribution in [-0.4, -0.2) is 0 Å². The molecule has 2 heteroatoms. The van der Waals surface area contributed by atoms with Gasteiger partial charge in [-0.25, -0.2) is 0 Å². The van der Waals surface area contributed by atoms with Gasteiger partial charge < -0.3 is 9.80 Å².